The Hall–Kier alpha value is -2.24. The van der Waals surface area contributed by atoms with Crippen molar-refractivity contribution >= 4 is 5.69 Å². The van der Waals surface area contributed by atoms with Crippen LogP contribution >= 0.6 is 0 Å². The summed E-state index contributed by atoms with van der Waals surface area (Å²) < 4.78 is 56.3. The van der Waals surface area contributed by atoms with E-state index in [0.29, 0.717) is 17.5 Å². The first-order valence-electron chi connectivity index (χ1n) is 5.70. The first kappa shape index (κ1) is 14.2. The fraction of sp³-hybridized carbons (Fsp3) is 0.143. The molecule has 0 spiro atoms. The molecule has 0 atom stereocenters. The van der Waals surface area contributed by atoms with E-state index >= 15 is 0 Å². The van der Waals surface area contributed by atoms with Gasteiger partial charge in [-0.2, -0.15) is 13.2 Å². The molecular formula is C14H11F4NO. The molecule has 0 saturated carbocycles. The minimum atomic E-state index is -4.51. The average molecular weight is 285 g/mol. The highest BCUT2D eigenvalue weighted by Crippen LogP contribution is 2.30. The highest BCUT2D eigenvalue weighted by atomic mass is 19.4. The van der Waals surface area contributed by atoms with Crippen molar-refractivity contribution in [2.24, 2.45) is 0 Å². The van der Waals surface area contributed by atoms with Crippen molar-refractivity contribution in [2.45, 2.75) is 12.8 Å². The lowest BCUT2D eigenvalue weighted by Crippen LogP contribution is -2.07. The second-order valence-electron chi connectivity index (χ2n) is 4.17. The molecule has 20 heavy (non-hydrogen) atoms. The molecule has 0 unspecified atom stereocenters. The molecule has 0 aromatic heterocycles. The van der Waals surface area contributed by atoms with Crippen molar-refractivity contribution in [3.8, 4) is 5.75 Å². The highest BCUT2D eigenvalue weighted by molar-refractivity contribution is 5.43. The molecule has 0 radical (unpaired) electrons. The Kier molecular flexibility index (Phi) is 3.83. The van der Waals surface area contributed by atoms with Gasteiger partial charge in [-0.05, 0) is 30.3 Å². The number of anilines is 1. The van der Waals surface area contributed by atoms with Crippen LogP contribution in [0.15, 0.2) is 42.5 Å². The zero-order valence-corrected chi connectivity index (χ0v) is 10.2. The van der Waals surface area contributed by atoms with Gasteiger partial charge in [-0.1, -0.05) is 6.07 Å². The maximum atomic E-state index is 13.5. The van der Waals surface area contributed by atoms with E-state index in [-0.39, 0.29) is 12.2 Å². The lowest BCUT2D eigenvalue weighted by atomic mass is 10.1. The minimum Gasteiger partial charge on any atom is -0.489 e. The fourth-order valence-corrected chi connectivity index (χ4v) is 1.63. The number of alkyl halides is 3. The van der Waals surface area contributed by atoms with E-state index in [9.17, 15) is 17.6 Å². The van der Waals surface area contributed by atoms with Gasteiger partial charge in [-0.15, -0.1) is 0 Å². The Morgan fingerprint density at radius 2 is 1.80 bits per heavy atom. The van der Waals surface area contributed by atoms with Crippen LogP contribution < -0.4 is 10.5 Å². The number of hydrogen-bond acceptors (Lipinski definition) is 2. The van der Waals surface area contributed by atoms with Crippen molar-refractivity contribution in [1.82, 2.24) is 0 Å². The van der Waals surface area contributed by atoms with Crippen molar-refractivity contribution in [1.29, 1.82) is 0 Å². The van der Waals surface area contributed by atoms with Crippen LogP contribution in [0.4, 0.5) is 23.2 Å². The van der Waals surface area contributed by atoms with E-state index in [2.05, 4.69) is 0 Å². The first-order chi connectivity index (χ1) is 9.36. The van der Waals surface area contributed by atoms with Gasteiger partial charge in [0.25, 0.3) is 0 Å². The van der Waals surface area contributed by atoms with Crippen LogP contribution in [0.1, 0.15) is 11.1 Å². The number of nitrogens with two attached hydrogens (primary N) is 1. The lowest BCUT2D eigenvalue weighted by Gasteiger charge is -2.11. The second kappa shape index (κ2) is 5.40. The number of hydrogen-bond donors (Lipinski definition) is 1. The minimum absolute atomic E-state index is 0.165. The van der Waals surface area contributed by atoms with Gasteiger partial charge in [0, 0.05) is 17.3 Å². The van der Waals surface area contributed by atoms with Crippen LogP contribution in [0.5, 0.6) is 5.75 Å². The Morgan fingerprint density at radius 1 is 1.05 bits per heavy atom. The van der Waals surface area contributed by atoms with Crippen LogP contribution in [0, 0.1) is 5.82 Å². The zero-order valence-electron chi connectivity index (χ0n) is 10.2. The normalized spacial score (nSPS) is 11.4. The third kappa shape index (κ3) is 3.40. The molecule has 0 fully saturated rings. The predicted molar refractivity (Wildman–Crippen MR) is 66.6 cm³/mol. The number of ether oxygens (including phenoxy) is 1. The Bertz CT molecular complexity index is 610. The van der Waals surface area contributed by atoms with Gasteiger partial charge >= 0.3 is 6.18 Å². The summed E-state index contributed by atoms with van der Waals surface area (Å²) in [6, 6.07) is 8.57. The van der Waals surface area contributed by atoms with E-state index in [4.69, 9.17) is 10.5 Å². The average Bonchev–Trinajstić information content (AvgIpc) is 2.36. The van der Waals surface area contributed by atoms with Crippen LogP contribution in [-0.2, 0) is 12.8 Å². The van der Waals surface area contributed by atoms with E-state index in [1.54, 1.807) is 18.2 Å². The number of nitrogen functional groups attached to an aromatic ring is 1. The molecule has 0 saturated heterocycles. The Morgan fingerprint density at radius 3 is 2.45 bits per heavy atom. The summed E-state index contributed by atoms with van der Waals surface area (Å²) in [5.74, 6) is -0.385. The van der Waals surface area contributed by atoms with Crippen LogP contribution in [0.3, 0.4) is 0 Å². The zero-order chi connectivity index (χ0) is 14.8. The van der Waals surface area contributed by atoms with E-state index < -0.39 is 17.6 Å². The molecule has 0 aliphatic rings. The summed E-state index contributed by atoms with van der Waals surface area (Å²) in [6.45, 7) is -0.306. The number of benzene rings is 2. The van der Waals surface area contributed by atoms with Crippen molar-refractivity contribution < 1.29 is 22.3 Å². The molecule has 2 aromatic rings. The smallest absolute Gasteiger partial charge is 0.416 e. The van der Waals surface area contributed by atoms with E-state index in [1.165, 1.54) is 6.07 Å². The van der Waals surface area contributed by atoms with Gasteiger partial charge in [-0.3, -0.25) is 0 Å². The van der Waals surface area contributed by atoms with Crippen LogP contribution in [0.25, 0.3) is 0 Å². The Labute approximate surface area is 112 Å². The first-order valence-corrected chi connectivity index (χ1v) is 5.70. The van der Waals surface area contributed by atoms with Crippen molar-refractivity contribution in [3.63, 3.8) is 0 Å². The van der Waals surface area contributed by atoms with Gasteiger partial charge in [0.1, 0.15) is 18.2 Å². The quantitative estimate of drug-likeness (QED) is 0.683. The van der Waals surface area contributed by atoms with Crippen LogP contribution in [-0.4, -0.2) is 0 Å². The molecule has 0 amide bonds. The lowest BCUT2D eigenvalue weighted by molar-refractivity contribution is -0.137. The maximum absolute atomic E-state index is 13.5. The van der Waals surface area contributed by atoms with Gasteiger partial charge in [0.05, 0.1) is 5.56 Å². The van der Waals surface area contributed by atoms with Gasteiger partial charge in [-0.25, -0.2) is 4.39 Å². The monoisotopic (exact) mass is 285 g/mol. The molecule has 0 bridgehead atoms. The van der Waals surface area contributed by atoms with Crippen molar-refractivity contribution in [3.05, 3.63) is 59.4 Å². The number of rotatable bonds is 3. The summed E-state index contributed by atoms with van der Waals surface area (Å²) in [4.78, 5) is 0. The summed E-state index contributed by atoms with van der Waals surface area (Å²) in [5, 5.41) is 0. The number of halogens is 4. The predicted octanol–water partition coefficient (Wildman–Crippen LogP) is 4.01. The van der Waals surface area contributed by atoms with Gasteiger partial charge in [0.2, 0.25) is 0 Å². The van der Waals surface area contributed by atoms with E-state index in [1.807, 2.05) is 0 Å². The molecule has 2 N–H and O–H groups in total. The molecule has 2 aromatic carbocycles. The molecule has 6 heteroatoms. The SMILES string of the molecule is Nc1cccc(OCc2cc(C(F)(F)F)ccc2F)c1. The summed E-state index contributed by atoms with van der Waals surface area (Å²) in [6.07, 6.45) is -4.51. The molecule has 2 rings (SSSR count). The topological polar surface area (TPSA) is 35.2 Å². The Balaban J connectivity index is 2.17. The molecule has 2 nitrogen and oxygen atoms in total. The summed E-state index contributed by atoms with van der Waals surface area (Å²) >= 11 is 0. The maximum Gasteiger partial charge on any atom is 0.416 e. The summed E-state index contributed by atoms with van der Waals surface area (Å²) in [5.41, 5.74) is 4.91. The molecule has 0 heterocycles. The molecule has 0 aliphatic heterocycles. The van der Waals surface area contributed by atoms with Gasteiger partial charge in [0.15, 0.2) is 0 Å². The molecule has 106 valence electrons. The third-order valence-electron chi connectivity index (χ3n) is 2.63. The standard InChI is InChI=1S/C14H11F4NO/c15-13-5-4-10(14(16,17)18)6-9(13)8-20-12-3-1-2-11(19)7-12/h1-7H,8,19H2. The van der Waals surface area contributed by atoms with Gasteiger partial charge < -0.3 is 10.5 Å². The fourth-order valence-electron chi connectivity index (χ4n) is 1.63. The third-order valence-corrected chi connectivity index (χ3v) is 2.63. The largest absolute Gasteiger partial charge is 0.489 e. The van der Waals surface area contributed by atoms with Crippen LogP contribution in [0.2, 0.25) is 0 Å². The molecule has 0 aliphatic carbocycles. The van der Waals surface area contributed by atoms with E-state index in [0.717, 1.165) is 12.1 Å². The van der Waals surface area contributed by atoms with Crippen molar-refractivity contribution in [2.75, 3.05) is 5.73 Å². The summed E-state index contributed by atoms with van der Waals surface area (Å²) in [7, 11) is 0. The molecular weight excluding hydrogens is 274 g/mol. The second-order valence-corrected chi connectivity index (χ2v) is 4.17. The highest BCUT2D eigenvalue weighted by Gasteiger charge is 2.31.